The standard InChI is InChI=1S/C16H18N2O3/c17-15(21-16-7-3-4-10-18-16)9-8-14(20)13-6-2-1-5-12(13)11-19/h1-7,10,15,19H,8-9,11,17H2. The van der Waals surface area contributed by atoms with Crippen molar-refractivity contribution >= 4 is 5.78 Å². The van der Waals surface area contributed by atoms with E-state index >= 15 is 0 Å². The van der Waals surface area contributed by atoms with Crippen molar-refractivity contribution in [3.8, 4) is 5.88 Å². The topological polar surface area (TPSA) is 85.4 Å². The molecule has 0 spiro atoms. The molecule has 0 saturated carbocycles. The number of benzene rings is 1. The first-order chi connectivity index (χ1) is 10.2. The van der Waals surface area contributed by atoms with Crippen molar-refractivity contribution in [3.63, 3.8) is 0 Å². The highest BCUT2D eigenvalue weighted by atomic mass is 16.5. The summed E-state index contributed by atoms with van der Waals surface area (Å²) in [6.45, 7) is -0.154. The van der Waals surface area contributed by atoms with Crippen LogP contribution in [-0.4, -0.2) is 22.1 Å². The highest BCUT2D eigenvalue weighted by Gasteiger charge is 2.13. The molecule has 0 aliphatic heterocycles. The molecule has 0 radical (unpaired) electrons. The Hall–Kier alpha value is -2.24. The zero-order valence-electron chi connectivity index (χ0n) is 11.6. The van der Waals surface area contributed by atoms with Gasteiger partial charge in [0.2, 0.25) is 5.88 Å². The number of aromatic nitrogens is 1. The molecular weight excluding hydrogens is 268 g/mol. The van der Waals surface area contributed by atoms with Crippen LogP contribution in [0.15, 0.2) is 48.7 Å². The summed E-state index contributed by atoms with van der Waals surface area (Å²) in [6.07, 6.45) is 1.66. The number of carbonyl (C=O) groups excluding carboxylic acids is 1. The number of ketones is 1. The van der Waals surface area contributed by atoms with Gasteiger partial charge in [-0.05, 0) is 11.6 Å². The van der Waals surface area contributed by atoms with Gasteiger partial charge in [-0.25, -0.2) is 4.98 Å². The number of carbonyl (C=O) groups is 1. The third-order valence-electron chi connectivity index (χ3n) is 3.05. The molecule has 21 heavy (non-hydrogen) atoms. The first kappa shape index (κ1) is 15.2. The molecule has 0 aliphatic rings. The predicted molar refractivity (Wildman–Crippen MR) is 78.8 cm³/mol. The Bertz CT molecular complexity index is 587. The first-order valence-corrected chi connectivity index (χ1v) is 6.76. The second kappa shape index (κ2) is 7.52. The number of Topliss-reactive ketones (excluding diaryl/α,β-unsaturated/α-hetero) is 1. The summed E-state index contributed by atoms with van der Waals surface area (Å²) in [6, 6.07) is 12.3. The Morgan fingerprint density at radius 1 is 1.24 bits per heavy atom. The molecule has 110 valence electrons. The van der Waals surface area contributed by atoms with Crippen LogP contribution in [0.4, 0.5) is 0 Å². The molecule has 2 rings (SSSR count). The highest BCUT2D eigenvalue weighted by molar-refractivity contribution is 5.97. The monoisotopic (exact) mass is 286 g/mol. The minimum absolute atomic E-state index is 0.0558. The summed E-state index contributed by atoms with van der Waals surface area (Å²) in [5.74, 6) is 0.382. The van der Waals surface area contributed by atoms with Gasteiger partial charge in [-0.3, -0.25) is 10.5 Å². The Balaban J connectivity index is 1.89. The van der Waals surface area contributed by atoms with Gasteiger partial charge in [-0.1, -0.05) is 30.3 Å². The van der Waals surface area contributed by atoms with E-state index in [0.717, 1.165) is 0 Å². The van der Waals surface area contributed by atoms with Gasteiger partial charge in [0.1, 0.15) is 6.23 Å². The van der Waals surface area contributed by atoms with E-state index in [-0.39, 0.29) is 18.8 Å². The fourth-order valence-electron chi connectivity index (χ4n) is 1.97. The van der Waals surface area contributed by atoms with Crippen LogP contribution < -0.4 is 10.5 Å². The maximum atomic E-state index is 12.1. The number of hydrogen-bond acceptors (Lipinski definition) is 5. The van der Waals surface area contributed by atoms with Crippen molar-refractivity contribution in [2.75, 3.05) is 0 Å². The molecule has 5 nitrogen and oxygen atoms in total. The van der Waals surface area contributed by atoms with E-state index in [1.54, 1.807) is 48.7 Å². The Kier molecular flexibility index (Phi) is 5.43. The van der Waals surface area contributed by atoms with Gasteiger partial charge in [0.05, 0.1) is 6.61 Å². The van der Waals surface area contributed by atoms with Crippen molar-refractivity contribution in [1.29, 1.82) is 0 Å². The van der Waals surface area contributed by atoms with Crippen molar-refractivity contribution in [2.45, 2.75) is 25.7 Å². The van der Waals surface area contributed by atoms with E-state index in [9.17, 15) is 9.90 Å². The smallest absolute Gasteiger partial charge is 0.214 e. The average molecular weight is 286 g/mol. The lowest BCUT2D eigenvalue weighted by atomic mass is 10.0. The van der Waals surface area contributed by atoms with Crippen LogP contribution in [0.5, 0.6) is 5.88 Å². The quantitative estimate of drug-likeness (QED) is 0.600. The van der Waals surface area contributed by atoms with Gasteiger partial charge >= 0.3 is 0 Å². The first-order valence-electron chi connectivity index (χ1n) is 6.76. The fourth-order valence-corrected chi connectivity index (χ4v) is 1.97. The molecular formula is C16H18N2O3. The predicted octanol–water partition coefficient (Wildman–Crippen LogP) is 1.90. The largest absolute Gasteiger partial charge is 0.459 e. The van der Waals surface area contributed by atoms with Crippen LogP contribution in [0.1, 0.15) is 28.8 Å². The molecule has 0 bridgehead atoms. The lowest BCUT2D eigenvalue weighted by Gasteiger charge is -2.13. The van der Waals surface area contributed by atoms with Crippen LogP contribution in [0.3, 0.4) is 0 Å². The van der Waals surface area contributed by atoms with Crippen LogP contribution in [0.2, 0.25) is 0 Å². The molecule has 0 amide bonds. The SMILES string of the molecule is NC(CCC(=O)c1ccccc1CO)Oc1ccccn1. The molecule has 1 unspecified atom stereocenters. The minimum atomic E-state index is -0.592. The number of aliphatic hydroxyl groups excluding tert-OH is 1. The molecule has 1 heterocycles. The van der Waals surface area contributed by atoms with Gasteiger partial charge < -0.3 is 9.84 Å². The summed E-state index contributed by atoms with van der Waals surface area (Å²) < 4.78 is 5.42. The molecule has 0 aliphatic carbocycles. The molecule has 1 atom stereocenters. The van der Waals surface area contributed by atoms with Crippen molar-refractivity contribution in [1.82, 2.24) is 4.98 Å². The molecule has 1 aromatic carbocycles. The van der Waals surface area contributed by atoms with E-state index in [4.69, 9.17) is 10.5 Å². The number of hydrogen-bond donors (Lipinski definition) is 2. The summed E-state index contributed by atoms with van der Waals surface area (Å²) in [5.41, 5.74) is 7.00. The lowest BCUT2D eigenvalue weighted by Crippen LogP contribution is -2.28. The number of rotatable bonds is 7. The van der Waals surface area contributed by atoms with Gasteiger partial charge in [0, 0.05) is 30.7 Å². The third-order valence-corrected chi connectivity index (χ3v) is 3.05. The van der Waals surface area contributed by atoms with Crippen molar-refractivity contribution in [2.24, 2.45) is 5.73 Å². The van der Waals surface area contributed by atoms with E-state index in [1.165, 1.54) is 0 Å². The molecule has 5 heteroatoms. The highest BCUT2D eigenvalue weighted by Crippen LogP contribution is 2.14. The van der Waals surface area contributed by atoms with E-state index in [0.29, 0.717) is 23.4 Å². The number of aliphatic hydroxyl groups is 1. The fraction of sp³-hybridized carbons (Fsp3) is 0.250. The number of pyridine rings is 1. The zero-order chi connectivity index (χ0) is 15.1. The van der Waals surface area contributed by atoms with Gasteiger partial charge in [0.15, 0.2) is 5.78 Å². The van der Waals surface area contributed by atoms with Crippen molar-refractivity contribution < 1.29 is 14.6 Å². The minimum Gasteiger partial charge on any atom is -0.459 e. The molecule has 3 N–H and O–H groups in total. The van der Waals surface area contributed by atoms with Gasteiger partial charge in [-0.15, -0.1) is 0 Å². The third kappa shape index (κ3) is 4.37. The maximum Gasteiger partial charge on any atom is 0.214 e. The molecule has 1 aromatic heterocycles. The number of nitrogens with zero attached hydrogens (tertiary/aromatic N) is 1. The maximum absolute atomic E-state index is 12.1. The van der Waals surface area contributed by atoms with Gasteiger partial charge in [-0.2, -0.15) is 0 Å². The number of ether oxygens (including phenoxy) is 1. The Morgan fingerprint density at radius 3 is 2.71 bits per heavy atom. The lowest BCUT2D eigenvalue weighted by molar-refractivity contribution is 0.0950. The summed E-state index contributed by atoms with van der Waals surface area (Å²) in [5, 5.41) is 9.23. The molecule has 0 saturated heterocycles. The number of nitrogens with two attached hydrogens (primary N) is 1. The second-order valence-electron chi connectivity index (χ2n) is 4.60. The van der Waals surface area contributed by atoms with E-state index < -0.39 is 6.23 Å². The summed E-state index contributed by atoms with van der Waals surface area (Å²) in [7, 11) is 0. The van der Waals surface area contributed by atoms with Crippen LogP contribution in [0.25, 0.3) is 0 Å². The molecule has 0 fully saturated rings. The van der Waals surface area contributed by atoms with Crippen LogP contribution in [-0.2, 0) is 6.61 Å². The second-order valence-corrected chi connectivity index (χ2v) is 4.60. The molecule has 2 aromatic rings. The summed E-state index contributed by atoms with van der Waals surface area (Å²) >= 11 is 0. The van der Waals surface area contributed by atoms with Crippen LogP contribution in [0, 0.1) is 0 Å². The van der Waals surface area contributed by atoms with Crippen molar-refractivity contribution in [3.05, 3.63) is 59.8 Å². The Morgan fingerprint density at radius 2 is 2.00 bits per heavy atom. The summed E-state index contributed by atoms with van der Waals surface area (Å²) in [4.78, 5) is 16.2. The van der Waals surface area contributed by atoms with E-state index in [2.05, 4.69) is 4.98 Å². The van der Waals surface area contributed by atoms with Gasteiger partial charge in [0.25, 0.3) is 0 Å². The normalized spacial score (nSPS) is 11.9. The average Bonchev–Trinajstić information content (AvgIpc) is 2.53. The van der Waals surface area contributed by atoms with E-state index in [1.807, 2.05) is 0 Å². The Labute approximate surface area is 123 Å². The zero-order valence-corrected chi connectivity index (χ0v) is 11.6. The van der Waals surface area contributed by atoms with Crippen LogP contribution >= 0.6 is 0 Å².